The van der Waals surface area contributed by atoms with E-state index in [9.17, 15) is 17.1 Å². The van der Waals surface area contributed by atoms with Gasteiger partial charge in [0.25, 0.3) is 0 Å². The van der Waals surface area contributed by atoms with Gasteiger partial charge in [0, 0.05) is 26.1 Å². The van der Waals surface area contributed by atoms with E-state index in [0.29, 0.717) is 0 Å². The molecule has 3 N–H and O–H groups in total. The number of nitrogens with two attached hydrogens (primary N) is 1. The lowest BCUT2D eigenvalue weighted by atomic mass is 10.3. The second-order valence-electron chi connectivity index (χ2n) is 3.49. The lowest BCUT2D eigenvalue weighted by molar-refractivity contribution is -0.128. The predicted octanol–water partition coefficient (Wildman–Crippen LogP) is -1.79. The minimum absolute atomic E-state index is 0.0309. The monoisotopic (exact) mass is 240 g/mol. The van der Waals surface area contributed by atoms with Crippen LogP contribution in [0.4, 0.5) is 3.89 Å². The molecule has 0 spiro atoms. The molecule has 1 aliphatic heterocycles. The van der Waals surface area contributed by atoms with Crippen molar-refractivity contribution in [3.8, 4) is 0 Å². The normalized spacial score (nSPS) is 24.6. The molecule has 1 fully saturated rings. The van der Waals surface area contributed by atoms with Crippen LogP contribution in [-0.4, -0.2) is 55.3 Å². The van der Waals surface area contributed by atoms with Gasteiger partial charge in [-0.05, 0) is 0 Å². The van der Waals surface area contributed by atoms with Crippen LogP contribution in [0.25, 0.3) is 0 Å². The van der Waals surface area contributed by atoms with Crippen LogP contribution in [0.2, 0.25) is 0 Å². The molecule has 0 radical (unpaired) electrons. The minimum Gasteiger partial charge on any atom is -0.390 e. The predicted molar refractivity (Wildman–Crippen MR) is 50.1 cm³/mol. The first-order valence-electron chi connectivity index (χ1n) is 4.44. The van der Waals surface area contributed by atoms with Crippen LogP contribution in [0.3, 0.4) is 0 Å². The number of carbonyl (C=O) groups is 1. The third-order valence-electron chi connectivity index (χ3n) is 2.28. The molecule has 2 atom stereocenters. The van der Waals surface area contributed by atoms with Crippen molar-refractivity contribution in [1.29, 1.82) is 0 Å². The largest absolute Gasteiger partial charge is 0.390 e. The molecule has 0 aromatic carbocycles. The molecular weight excluding hydrogens is 227 g/mol. The van der Waals surface area contributed by atoms with Crippen LogP contribution in [-0.2, 0) is 15.0 Å². The van der Waals surface area contributed by atoms with Gasteiger partial charge < -0.3 is 15.7 Å². The molecule has 8 heteroatoms. The second kappa shape index (κ2) is 4.42. The molecule has 2 unspecified atom stereocenters. The second-order valence-corrected chi connectivity index (χ2v) is 5.11. The van der Waals surface area contributed by atoms with Crippen LogP contribution < -0.4 is 5.73 Å². The van der Waals surface area contributed by atoms with Crippen LogP contribution in [0.5, 0.6) is 0 Å². The molecule has 0 saturated carbocycles. The average molecular weight is 240 g/mol. The van der Waals surface area contributed by atoms with Crippen molar-refractivity contribution in [2.75, 3.05) is 19.6 Å². The molecule has 0 aromatic rings. The van der Waals surface area contributed by atoms with Gasteiger partial charge in [0.1, 0.15) is 5.25 Å². The molecule has 88 valence electrons. The maximum Gasteiger partial charge on any atom is 0.307 e. The molecule has 1 heterocycles. The quantitative estimate of drug-likeness (QED) is 0.565. The van der Waals surface area contributed by atoms with Crippen LogP contribution in [0.1, 0.15) is 6.42 Å². The van der Waals surface area contributed by atoms with E-state index in [0.717, 1.165) is 4.90 Å². The molecule has 1 amide bonds. The molecule has 0 aromatic heterocycles. The van der Waals surface area contributed by atoms with E-state index in [4.69, 9.17) is 10.8 Å². The Morgan fingerprint density at radius 2 is 2.27 bits per heavy atom. The number of hydrogen-bond acceptors (Lipinski definition) is 5. The maximum absolute atomic E-state index is 12.6. The summed E-state index contributed by atoms with van der Waals surface area (Å²) in [5, 5.41) is 7.85. The maximum atomic E-state index is 12.6. The Labute approximate surface area is 87.1 Å². The summed E-state index contributed by atoms with van der Waals surface area (Å²) in [7, 11) is -4.69. The molecular formula is C7H13FN2O4S. The van der Waals surface area contributed by atoms with Crippen molar-refractivity contribution in [2.45, 2.75) is 17.8 Å². The highest BCUT2D eigenvalue weighted by atomic mass is 32.3. The van der Waals surface area contributed by atoms with E-state index in [1.807, 2.05) is 0 Å². The summed E-state index contributed by atoms with van der Waals surface area (Å²) in [6.07, 6.45) is -1.27. The number of carbonyl (C=O) groups excluding carboxylic acids is 1. The van der Waals surface area contributed by atoms with Crippen LogP contribution in [0, 0.1) is 0 Å². The first-order chi connectivity index (χ1) is 6.84. The summed E-state index contributed by atoms with van der Waals surface area (Å²) in [5.41, 5.74) is 5.14. The van der Waals surface area contributed by atoms with Crippen molar-refractivity contribution in [3.05, 3.63) is 0 Å². The summed E-state index contributed by atoms with van der Waals surface area (Å²) in [6, 6.07) is 0. The average Bonchev–Trinajstić information content (AvgIpc) is 2.47. The van der Waals surface area contributed by atoms with Crippen molar-refractivity contribution in [2.24, 2.45) is 5.73 Å². The highest BCUT2D eigenvalue weighted by Crippen LogP contribution is 2.19. The zero-order valence-corrected chi connectivity index (χ0v) is 8.78. The standard InChI is InChI=1S/C7H13FN2O4S/c8-15(13,14)6-1-7(12)10(4-6)3-5(11)2-9/h5-6,11H,1-4,9H2. The van der Waals surface area contributed by atoms with E-state index in [-0.39, 0.29) is 26.1 Å². The Bertz CT molecular complexity index is 345. The number of nitrogens with zero attached hydrogens (tertiary/aromatic N) is 1. The van der Waals surface area contributed by atoms with Gasteiger partial charge in [-0.15, -0.1) is 3.89 Å². The van der Waals surface area contributed by atoms with Gasteiger partial charge in [-0.25, -0.2) is 0 Å². The topological polar surface area (TPSA) is 101 Å². The van der Waals surface area contributed by atoms with E-state index < -0.39 is 27.5 Å². The van der Waals surface area contributed by atoms with Gasteiger partial charge in [-0.1, -0.05) is 0 Å². The summed E-state index contributed by atoms with van der Waals surface area (Å²) < 4.78 is 33.7. The number of rotatable bonds is 4. The summed E-state index contributed by atoms with van der Waals surface area (Å²) in [4.78, 5) is 12.3. The van der Waals surface area contributed by atoms with Gasteiger partial charge in [0.05, 0.1) is 6.10 Å². The number of aliphatic hydroxyl groups excluding tert-OH is 1. The lowest BCUT2D eigenvalue weighted by Gasteiger charge is -2.18. The van der Waals surface area contributed by atoms with Crippen LogP contribution >= 0.6 is 0 Å². The SMILES string of the molecule is NCC(O)CN1CC(S(=O)(=O)F)CC1=O. The summed E-state index contributed by atoms with van der Waals surface area (Å²) in [6.45, 7) is -0.299. The van der Waals surface area contributed by atoms with Gasteiger partial charge in [0.2, 0.25) is 5.91 Å². The Morgan fingerprint density at radius 1 is 1.67 bits per heavy atom. The van der Waals surface area contributed by atoms with Crippen LogP contribution in [0.15, 0.2) is 0 Å². The molecule has 1 aliphatic rings. The molecule has 1 rings (SSSR count). The Morgan fingerprint density at radius 3 is 2.67 bits per heavy atom. The number of halogens is 1. The minimum atomic E-state index is -4.69. The van der Waals surface area contributed by atoms with Gasteiger partial charge in [-0.3, -0.25) is 4.79 Å². The van der Waals surface area contributed by atoms with Crippen molar-refractivity contribution in [1.82, 2.24) is 4.90 Å². The van der Waals surface area contributed by atoms with Gasteiger partial charge in [0.15, 0.2) is 0 Å². The molecule has 0 bridgehead atoms. The number of hydrogen-bond donors (Lipinski definition) is 2. The van der Waals surface area contributed by atoms with E-state index >= 15 is 0 Å². The zero-order valence-electron chi connectivity index (χ0n) is 7.97. The first kappa shape index (κ1) is 12.3. The first-order valence-corrected chi connectivity index (χ1v) is 5.88. The van der Waals surface area contributed by atoms with Gasteiger partial charge >= 0.3 is 10.2 Å². The number of amides is 1. The Balaban J connectivity index is 2.61. The highest BCUT2D eigenvalue weighted by molar-refractivity contribution is 7.87. The molecule has 1 saturated heterocycles. The fourth-order valence-electron chi connectivity index (χ4n) is 1.43. The van der Waals surface area contributed by atoms with E-state index in [1.54, 1.807) is 0 Å². The zero-order chi connectivity index (χ0) is 11.6. The number of β-amino-alcohol motifs (C(OH)–C–C–N with tert-alkyl or cyclic N) is 1. The highest BCUT2D eigenvalue weighted by Gasteiger charge is 2.38. The summed E-state index contributed by atoms with van der Waals surface area (Å²) >= 11 is 0. The Kier molecular flexibility index (Phi) is 3.63. The smallest absolute Gasteiger partial charge is 0.307 e. The lowest BCUT2D eigenvalue weighted by Crippen LogP contribution is -2.38. The van der Waals surface area contributed by atoms with Crippen molar-refractivity contribution in [3.63, 3.8) is 0 Å². The third-order valence-corrected chi connectivity index (χ3v) is 3.39. The summed E-state index contributed by atoms with van der Waals surface area (Å²) in [5.74, 6) is -0.478. The molecule has 6 nitrogen and oxygen atoms in total. The molecule has 0 aliphatic carbocycles. The molecule has 15 heavy (non-hydrogen) atoms. The van der Waals surface area contributed by atoms with Crippen molar-refractivity contribution < 1.29 is 22.2 Å². The third kappa shape index (κ3) is 3.11. The van der Waals surface area contributed by atoms with E-state index in [1.165, 1.54) is 0 Å². The van der Waals surface area contributed by atoms with E-state index in [2.05, 4.69) is 0 Å². The number of aliphatic hydroxyl groups is 1. The number of likely N-dealkylation sites (tertiary alicyclic amines) is 1. The van der Waals surface area contributed by atoms with Crippen molar-refractivity contribution >= 4 is 16.1 Å². The Hall–Kier alpha value is -0.730. The fraction of sp³-hybridized carbons (Fsp3) is 0.857. The fourth-order valence-corrected chi connectivity index (χ4v) is 2.13. The van der Waals surface area contributed by atoms with Gasteiger partial charge in [-0.2, -0.15) is 8.42 Å².